The lowest BCUT2D eigenvalue weighted by atomic mass is 10.2. The molecule has 0 unspecified atom stereocenters. The molecular weight excluding hydrogens is 260 g/mol. The lowest BCUT2D eigenvalue weighted by Gasteiger charge is -2.06. The van der Waals surface area contributed by atoms with Crippen LogP contribution in [-0.2, 0) is 0 Å². The van der Waals surface area contributed by atoms with Crippen LogP contribution in [0.15, 0.2) is 35.8 Å². The first kappa shape index (κ1) is 13.4. The minimum Gasteiger partial charge on any atom is -0.385 e. The van der Waals surface area contributed by atoms with E-state index in [-0.39, 0.29) is 0 Å². The quantitative estimate of drug-likeness (QED) is 0.761. The molecule has 96 valence electrons. The first-order valence-corrected chi connectivity index (χ1v) is 8.25. The minimum absolute atomic E-state index is 1.05. The van der Waals surface area contributed by atoms with Crippen LogP contribution in [-0.4, -0.2) is 23.0 Å². The highest BCUT2D eigenvalue weighted by Crippen LogP contribution is 2.23. The number of thiazole rings is 1. The molecule has 0 saturated heterocycles. The van der Waals surface area contributed by atoms with Gasteiger partial charge in [0.15, 0.2) is 0 Å². The fraction of sp³-hybridized carbons (Fsp3) is 0.357. The predicted octanol–water partition coefficient (Wildman–Crippen LogP) is 4.37. The molecule has 1 aromatic heterocycles. The zero-order valence-corrected chi connectivity index (χ0v) is 12.2. The molecule has 0 amide bonds. The average molecular weight is 278 g/mol. The highest BCUT2D eigenvalue weighted by molar-refractivity contribution is 7.99. The summed E-state index contributed by atoms with van der Waals surface area (Å²) < 4.78 is 0. The van der Waals surface area contributed by atoms with Crippen LogP contribution < -0.4 is 5.32 Å². The fourth-order valence-corrected chi connectivity index (χ4v) is 2.93. The average Bonchev–Trinajstić information content (AvgIpc) is 2.93. The van der Waals surface area contributed by atoms with Crippen LogP contribution >= 0.6 is 23.1 Å². The van der Waals surface area contributed by atoms with Crippen LogP contribution in [0.1, 0.15) is 13.3 Å². The second kappa shape index (κ2) is 7.44. The normalized spacial score (nSPS) is 10.5. The molecule has 2 nitrogen and oxygen atoms in total. The summed E-state index contributed by atoms with van der Waals surface area (Å²) in [6, 6.07) is 8.51. The van der Waals surface area contributed by atoms with E-state index in [1.54, 1.807) is 11.3 Å². The number of thioether (sulfide) groups is 1. The van der Waals surface area contributed by atoms with Crippen LogP contribution in [0.25, 0.3) is 10.6 Å². The van der Waals surface area contributed by atoms with E-state index >= 15 is 0 Å². The van der Waals surface area contributed by atoms with Crippen molar-refractivity contribution in [1.29, 1.82) is 0 Å². The van der Waals surface area contributed by atoms with Crippen LogP contribution in [0, 0.1) is 0 Å². The first-order valence-electron chi connectivity index (χ1n) is 6.21. The second-order valence-electron chi connectivity index (χ2n) is 3.89. The molecule has 0 aliphatic rings. The van der Waals surface area contributed by atoms with Gasteiger partial charge in [0.1, 0.15) is 5.01 Å². The number of rotatable bonds is 7. The summed E-state index contributed by atoms with van der Waals surface area (Å²) in [4.78, 5) is 4.31. The van der Waals surface area contributed by atoms with Gasteiger partial charge in [-0.05, 0) is 42.2 Å². The van der Waals surface area contributed by atoms with Crippen molar-refractivity contribution in [2.24, 2.45) is 0 Å². The van der Waals surface area contributed by atoms with Gasteiger partial charge in [-0.25, -0.2) is 4.98 Å². The third-order valence-corrected chi connectivity index (χ3v) is 4.37. The Bertz CT molecular complexity index is 437. The molecule has 18 heavy (non-hydrogen) atoms. The number of nitrogens with zero attached hydrogens (tertiary/aromatic N) is 1. The van der Waals surface area contributed by atoms with E-state index in [2.05, 4.69) is 41.5 Å². The number of nitrogens with one attached hydrogen (secondary N) is 1. The SMILES string of the molecule is CCSCCCNc1ccc(-c2nccs2)cc1. The molecule has 1 heterocycles. The van der Waals surface area contributed by atoms with Gasteiger partial charge in [0.25, 0.3) is 0 Å². The molecule has 2 aromatic rings. The Morgan fingerprint density at radius 3 is 2.78 bits per heavy atom. The van der Waals surface area contributed by atoms with Gasteiger partial charge in [-0.15, -0.1) is 11.3 Å². The zero-order chi connectivity index (χ0) is 12.6. The van der Waals surface area contributed by atoms with Gasteiger partial charge in [-0.2, -0.15) is 11.8 Å². The number of anilines is 1. The maximum Gasteiger partial charge on any atom is 0.123 e. The van der Waals surface area contributed by atoms with Crippen LogP contribution in [0.5, 0.6) is 0 Å². The van der Waals surface area contributed by atoms with Gasteiger partial charge in [-0.1, -0.05) is 6.92 Å². The van der Waals surface area contributed by atoms with E-state index in [0.29, 0.717) is 0 Å². The Hall–Kier alpha value is -1.00. The zero-order valence-electron chi connectivity index (χ0n) is 10.6. The van der Waals surface area contributed by atoms with Crippen LogP contribution in [0.4, 0.5) is 5.69 Å². The highest BCUT2D eigenvalue weighted by Gasteiger charge is 1.99. The van der Waals surface area contributed by atoms with Crippen molar-refractivity contribution < 1.29 is 0 Å². The molecule has 0 spiro atoms. The lowest BCUT2D eigenvalue weighted by molar-refractivity contribution is 0.992. The topological polar surface area (TPSA) is 24.9 Å². The molecule has 1 aromatic carbocycles. The third-order valence-electron chi connectivity index (χ3n) is 2.56. The largest absolute Gasteiger partial charge is 0.385 e. The Kier molecular flexibility index (Phi) is 5.55. The Balaban J connectivity index is 1.81. The summed E-state index contributed by atoms with van der Waals surface area (Å²) >= 11 is 3.67. The van der Waals surface area contributed by atoms with Gasteiger partial charge in [-0.3, -0.25) is 0 Å². The van der Waals surface area contributed by atoms with E-state index in [9.17, 15) is 0 Å². The summed E-state index contributed by atoms with van der Waals surface area (Å²) in [6.45, 7) is 3.25. The number of aromatic nitrogens is 1. The van der Waals surface area contributed by atoms with Crippen molar-refractivity contribution in [2.75, 3.05) is 23.4 Å². The minimum atomic E-state index is 1.05. The Morgan fingerprint density at radius 1 is 1.28 bits per heavy atom. The van der Waals surface area contributed by atoms with Gasteiger partial charge in [0, 0.05) is 29.4 Å². The Labute approximate surface area is 117 Å². The Morgan fingerprint density at radius 2 is 2.11 bits per heavy atom. The molecule has 0 aliphatic heterocycles. The summed E-state index contributed by atoms with van der Waals surface area (Å²) in [5.74, 6) is 2.45. The van der Waals surface area contributed by atoms with Gasteiger partial charge < -0.3 is 5.32 Å². The van der Waals surface area contributed by atoms with Crippen molar-refractivity contribution in [1.82, 2.24) is 4.98 Å². The van der Waals surface area contributed by atoms with Crippen molar-refractivity contribution in [3.63, 3.8) is 0 Å². The molecule has 2 rings (SSSR count). The number of hydrogen-bond donors (Lipinski definition) is 1. The summed E-state index contributed by atoms with van der Waals surface area (Å²) in [5.41, 5.74) is 2.38. The number of benzene rings is 1. The number of hydrogen-bond acceptors (Lipinski definition) is 4. The molecular formula is C14H18N2S2. The van der Waals surface area contributed by atoms with E-state index in [1.165, 1.54) is 29.2 Å². The third kappa shape index (κ3) is 4.03. The second-order valence-corrected chi connectivity index (χ2v) is 6.18. The first-order chi connectivity index (χ1) is 8.90. The van der Waals surface area contributed by atoms with Crippen molar-refractivity contribution in [2.45, 2.75) is 13.3 Å². The predicted molar refractivity (Wildman–Crippen MR) is 83.7 cm³/mol. The van der Waals surface area contributed by atoms with E-state index in [4.69, 9.17) is 0 Å². The highest BCUT2D eigenvalue weighted by atomic mass is 32.2. The summed E-state index contributed by atoms with van der Waals surface area (Å²) in [7, 11) is 0. The summed E-state index contributed by atoms with van der Waals surface area (Å²) in [5, 5.41) is 6.54. The van der Waals surface area contributed by atoms with Crippen molar-refractivity contribution in [3.05, 3.63) is 35.8 Å². The maximum atomic E-state index is 4.31. The molecule has 0 saturated carbocycles. The molecule has 4 heteroatoms. The van der Waals surface area contributed by atoms with Gasteiger partial charge in [0.2, 0.25) is 0 Å². The lowest BCUT2D eigenvalue weighted by Crippen LogP contribution is -2.02. The van der Waals surface area contributed by atoms with E-state index in [1.807, 2.05) is 23.3 Å². The van der Waals surface area contributed by atoms with Crippen LogP contribution in [0.2, 0.25) is 0 Å². The van der Waals surface area contributed by atoms with Crippen molar-refractivity contribution >= 4 is 28.8 Å². The van der Waals surface area contributed by atoms with E-state index in [0.717, 1.165) is 11.6 Å². The van der Waals surface area contributed by atoms with Gasteiger partial charge in [0.05, 0.1) is 0 Å². The molecule has 0 radical (unpaired) electrons. The molecule has 0 atom stereocenters. The molecule has 0 aliphatic carbocycles. The molecule has 0 bridgehead atoms. The van der Waals surface area contributed by atoms with E-state index < -0.39 is 0 Å². The smallest absolute Gasteiger partial charge is 0.123 e. The van der Waals surface area contributed by atoms with Gasteiger partial charge >= 0.3 is 0 Å². The molecule has 1 N–H and O–H groups in total. The monoisotopic (exact) mass is 278 g/mol. The fourth-order valence-electron chi connectivity index (χ4n) is 1.65. The van der Waals surface area contributed by atoms with Crippen LogP contribution in [0.3, 0.4) is 0 Å². The molecule has 0 fully saturated rings. The van der Waals surface area contributed by atoms with Crippen molar-refractivity contribution in [3.8, 4) is 10.6 Å². The standard InChI is InChI=1S/C14H18N2S2/c1-2-17-10-3-8-15-13-6-4-12(5-7-13)14-16-9-11-18-14/h4-7,9,11,15H,2-3,8,10H2,1H3. The summed E-state index contributed by atoms with van der Waals surface area (Å²) in [6.07, 6.45) is 3.06. The maximum absolute atomic E-state index is 4.31.